The van der Waals surface area contributed by atoms with Crippen molar-refractivity contribution in [3.05, 3.63) is 59.2 Å². The third kappa shape index (κ3) is 6.40. The Hall–Kier alpha value is -2.29. The first kappa shape index (κ1) is 22.0. The lowest BCUT2D eigenvalue weighted by Gasteiger charge is -2.10. The van der Waals surface area contributed by atoms with Crippen molar-refractivity contribution >= 4 is 47.3 Å². The molecule has 1 aliphatic carbocycles. The summed E-state index contributed by atoms with van der Waals surface area (Å²) in [5.41, 5.74) is 11.6. The van der Waals surface area contributed by atoms with Gasteiger partial charge in [0.2, 0.25) is 0 Å². The fourth-order valence-electron chi connectivity index (χ4n) is 3.14. The second-order valence-corrected chi connectivity index (χ2v) is 7.11. The van der Waals surface area contributed by atoms with Crippen molar-refractivity contribution < 1.29 is 4.79 Å². The Labute approximate surface area is 183 Å². The van der Waals surface area contributed by atoms with Crippen molar-refractivity contribution in [3.63, 3.8) is 0 Å². The Bertz CT molecular complexity index is 833. The van der Waals surface area contributed by atoms with Gasteiger partial charge < -0.3 is 21.7 Å². The minimum absolute atomic E-state index is 0. The molecule has 0 radical (unpaired) electrons. The number of nitrogens with zero attached hydrogens (tertiary/aromatic N) is 1. The summed E-state index contributed by atoms with van der Waals surface area (Å²) < 4.78 is 0. The third-order valence-corrected chi connectivity index (χ3v) is 4.43. The Morgan fingerprint density at radius 3 is 2.43 bits per heavy atom. The molecule has 0 saturated heterocycles. The number of benzene rings is 2. The number of aliphatic imine (C=N–C) groups is 1. The number of rotatable bonds is 5. The minimum atomic E-state index is -0.210. The first-order valence-corrected chi connectivity index (χ1v) is 9.35. The van der Waals surface area contributed by atoms with Crippen molar-refractivity contribution in [2.45, 2.75) is 45.7 Å². The van der Waals surface area contributed by atoms with Crippen molar-refractivity contribution in [1.82, 2.24) is 5.32 Å². The molecule has 2 aromatic rings. The number of hydrogen-bond donors (Lipinski definition) is 4. The van der Waals surface area contributed by atoms with Gasteiger partial charge in [0.25, 0.3) is 0 Å². The molecule has 3 rings (SSSR count). The zero-order valence-electron chi connectivity index (χ0n) is 16.3. The molecule has 0 spiro atoms. The number of hydrogen-bond acceptors (Lipinski definition) is 2. The zero-order valence-corrected chi connectivity index (χ0v) is 18.6. The molecule has 2 amide bonds. The number of guanidine groups is 1. The summed E-state index contributed by atoms with van der Waals surface area (Å²) in [5.74, 6) is 0.395. The number of halogens is 1. The van der Waals surface area contributed by atoms with Crippen LogP contribution in [-0.4, -0.2) is 18.0 Å². The van der Waals surface area contributed by atoms with E-state index in [2.05, 4.69) is 39.1 Å². The fourth-order valence-corrected chi connectivity index (χ4v) is 3.14. The Kier molecular flexibility index (Phi) is 8.10. The van der Waals surface area contributed by atoms with Gasteiger partial charge in [0.05, 0.1) is 6.54 Å². The third-order valence-electron chi connectivity index (χ3n) is 4.43. The second-order valence-electron chi connectivity index (χ2n) is 7.11. The van der Waals surface area contributed by atoms with Crippen LogP contribution in [-0.2, 0) is 19.4 Å². The number of amides is 2. The lowest BCUT2D eigenvalue weighted by atomic mass is 10.1. The van der Waals surface area contributed by atoms with Crippen LogP contribution in [0.3, 0.4) is 0 Å². The molecule has 0 aromatic heterocycles. The van der Waals surface area contributed by atoms with E-state index in [1.807, 2.05) is 38.1 Å². The molecule has 0 saturated carbocycles. The summed E-state index contributed by atoms with van der Waals surface area (Å²) >= 11 is 0. The van der Waals surface area contributed by atoms with Crippen LogP contribution in [0.2, 0.25) is 0 Å². The highest BCUT2D eigenvalue weighted by Crippen LogP contribution is 2.24. The Morgan fingerprint density at radius 1 is 1.04 bits per heavy atom. The zero-order chi connectivity index (χ0) is 19.2. The summed E-state index contributed by atoms with van der Waals surface area (Å²) in [6.45, 7) is 4.31. The Balaban J connectivity index is 0.00000280. The highest BCUT2D eigenvalue weighted by atomic mass is 127. The monoisotopic (exact) mass is 493 g/mol. The number of nitrogens with one attached hydrogen (secondary N) is 3. The van der Waals surface area contributed by atoms with E-state index in [4.69, 9.17) is 5.73 Å². The molecule has 0 aliphatic heterocycles. The molecule has 2 aromatic carbocycles. The predicted molar refractivity (Wildman–Crippen MR) is 127 cm³/mol. The number of aryl methyl sites for hydroxylation is 2. The van der Waals surface area contributed by atoms with E-state index in [9.17, 15) is 4.79 Å². The van der Waals surface area contributed by atoms with Crippen LogP contribution in [0.15, 0.2) is 47.5 Å². The van der Waals surface area contributed by atoms with Gasteiger partial charge in [-0.05, 0) is 74.1 Å². The van der Waals surface area contributed by atoms with Gasteiger partial charge in [0.15, 0.2) is 5.96 Å². The van der Waals surface area contributed by atoms with E-state index in [0.29, 0.717) is 12.5 Å². The average Bonchev–Trinajstić information content (AvgIpc) is 3.08. The van der Waals surface area contributed by atoms with Crippen molar-refractivity contribution in [2.75, 3.05) is 10.6 Å². The molecular formula is C21H28IN5O. The van der Waals surface area contributed by atoms with E-state index in [1.54, 1.807) is 0 Å². The van der Waals surface area contributed by atoms with Crippen LogP contribution in [0.4, 0.5) is 16.2 Å². The maximum atomic E-state index is 11.7. The summed E-state index contributed by atoms with van der Waals surface area (Å²) in [4.78, 5) is 16.1. The molecule has 7 heteroatoms. The number of urea groups is 1. The first-order valence-electron chi connectivity index (χ1n) is 9.35. The van der Waals surface area contributed by atoms with Crippen LogP contribution < -0.4 is 21.7 Å². The number of fused-ring (bicyclic) bond motifs is 1. The molecule has 0 atom stereocenters. The first-order chi connectivity index (χ1) is 13.0. The molecule has 6 nitrogen and oxygen atoms in total. The predicted octanol–water partition coefficient (Wildman–Crippen LogP) is 4.25. The molecule has 0 heterocycles. The summed E-state index contributed by atoms with van der Waals surface area (Å²) in [5, 5.41) is 8.74. The van der Waals surface area contributed by atoms with E-state index in [0.717, 1.165) is 23.4 Å². The van der Waals surface area contributed by atoms with Crippen LogP contribution in [0.5, 0.6) is 0 Å². The van der Waals surface area contributed by atoms with Crippen LogP contribution in [0.25, 0.3) is 0 Å². The van der Waals surface area contributed by atoms with E-state index >= 15 is 0 Å². The summed E-state index contributed by atoms with van der Waals surface area (Å²) in [6, 6.07) is 13.8. The van der Waals surface area contributed by atoms with E-state index in [1.165, 1.54) is 24.0 Å². The van der Waals surface area contributed by atoms with Crippen LogP contribution in [0, 0.1) is 0 Å². The quantitative estimate of drug-likeness (QED) is 0.285. The number of nitrogens with two attached hydrogens (primary N) is 1. The molecule has 0 fully saturated rings. The number of carbonyl (C=O) groups excluding carboxylic acids is 1. The fraction of sp³-hybridized carbons (Fsp3) is 0.333. The topological polar surface area (TPSA) is 91.5 Å². The smallest absolute Gasteiger partial charge is 0.319 e. The van der Waals surface area contributed by atoms with Crippen molar-refractivity contribution in [1.29, 1.82) is 0 Å². The van der Waals surface area contributed by atoms with Gasteiger partial charge in [0.1, 0.15) is 0 Å². The lowest BCUT2D eigenvalue weighted by Crippen LogP contribution is -2.34. The second kappa shape index (κ2) is 10.3. The van der Waals surface area contributed by atoms with E-state index in [-0.39, 0.29) is 36.0 Å². The maximum absolute atomic E-state index is 11.7. The highest BCUT2D eigenvalue weighted by molar-refractivity contribution is 14.0. The maximum Gasteiger partial charge on any atom is 0.319 e. The van der Waals surface area contributed by atoms with E-state index < -0.39 is 0 Å². The largest absolute Gasteiger partial charge is 0.370 e. The van der Waals surface area contributed by atoms with Crippen molar-refractivity contribution in [3.8, 4) is 0 Å². The number of anilines is 2. The molecular weight excluding hydrogens is 465 g/mol. The molecule has 0 bridgehead atoms. The molecule has 5 N–H and O–H groups in total. The molecule has 150 valence electrons. The van der Waals surface area contributed by atoms with Gasteiger partial charge in [-0.15, -0.1) is 24.0 Å². The molecule has 0 unspecified atom stereocenters. The standard InChI is InChI=1S/C21H27N5O.HI/c1-14(2)24-21(27)26-18-9-6-15(7-10-18)13-23-20(22)25-19-11-8-16-4-3-5-17(16)12-19;/h6-12,14H,3-5,13H2,1-2H3,(H3,22,23,25)(H2,24,26,27);1H. The molecule has 28 heavy (non-hydrogen) atoms. The van der Waals surface area contributed by atoms with Crippen LogP contribution in [0.1, 0.15) is 37.0 Å². The van der Waals surface area contributed by atoms with Crippen molar-refractivity contribution in [2.24, 2.45) is 10.7 Å². The lowest BCUT2D eigenvalue weighted by molar-refractivity contribution is 0.250. The summed E-state index contributed by atoms with van der Waals surface area (Å²) in [7, 11) is 0. The normalized spacial score (nSPS) is 12.9. The number of carbonyl (C=O) groups is 1. The average molecular weight is 493 g/mol. The highest BCUT2D eigenvalue weighted by Gasteiger charge is 2.10. The van der Waals surface area contributed by atoms with Gasteiger partial charge >= 0.3 is 6.03 Å². The van der Waals surface area contributed by atoms with Gasteiger partial charge in [-0.2, -0.15) is 0 Å². The van der Waals surface area contributed by atoms with Gasteiger partial charge in [-0.25, -0.2) is 9.79 Å². The minimum Gasteiger partial charge on any atom is -0.370 e. The molecule has 1 aliphatic rings. The Morgan fingerprint density at radius 2 is 1.71 bits per heavy atom. The summed E-state index contributed by atoms with van der Waals surface area (Å²) in [6.07, 6.45) is 3.53. The SMILES string of the molecule is CC(C)NC(=O)Nc1ccc(CN=C(N)Nc2ccc3c(c2)CCC3)cc1.I. The van der Waals surface area contributed by atoms with Gasteiger partial charge in [-0.3, -0.25) is 0 Å². The van der Waals surface area contributed by atoms with Crippen LogP contribution >= 0.6 is 24.0 Å². The van der Waals surface area contributed by atoms with Gasteiger partial charge in [0, 0.05) is 17.4 Å². The van der Waals surface area contributed by atoms with Gasteiger partial charge in [-0.1, -0.05) is 18.2 Å².